The highest BCUT2D eigenvalue weighted by molar-refractivity contribution is 6.31. The lowest BCUT2D eigenvalue weighted by atomic mass is 10.00. The molecule has 0 spiro atoms. The molecule has 0 saturated carbocycles. The van der Waals surface area contributed by atoms with Gasteiger partial charge in [0, 0.05) is 44.2 Å². The van der Waals surface area contributed by atoms with Crippen LogP contribution in [0.4, 0.5) is 10.5 Å². The van der Waals surface area contributed by atoms with Crippen LogP contribution in [0.5, 0.6) is 0 Å². The molecule has 168 valence electrons. The van der Waals surface area contributed by atoms with Gasteiger partial charge in [0.25, 0.3) is 0 Å². The summed E-state index contributed by atoms with van der Waals surface area (Å²) in [5.41, 5.74) is 3.81. The van der Waals surface area contributed by atoms with Crippen LogP contribution >= 0.6 is 24.0 Å². The Hall–Kier alpha value is -2.08. The number of unbranched alkanes of at least 4 members (excludes halogenated alkanes) is 1. The van der Waals surface area contributed by atoms with Gasteiger partial charge in [0.1, 0.15) is 0 Å². The van der Waals surface area contributed by atoms with Crippen molar-refractivity contribution < 1.29 is 9.59 Å². The van der Waals surface area contributed by atoms with Gasteiger partial charge in [0.2, 0.25) is 0 Å². The third-order valence-corrected chi connectivity index (χ3v) is 6.07. The molecule has 2 amide bonds. The molecular formula is C24H31Cl2N3O2. The lowest BCUT2D eigenvalue weighted by molar-refractivity contribution is 0.0978. The Morgan fingerprint density at radius 2 is 1.84 bits per heavy atom. The zero-order valence-corrected chi connectivity index (χ0v) is 20.0. The van der Waals surface area contributed by atoms with Gasteiger partial charge >= 0.3 is 6.03 Å². The second kappa shape index (κ2) is 11.5. The smallest absolute Gasteiger partial charge is 0.323 e. The topological polar surface area (TPSA) is 43.9 Å². The van der Waals surface area contributed by atoms with Crippen molar-refractivity contribution in [3.8, 4) is 0 Å². The molecule has 0 fully saturated rings. The molecule has 31 heavy (non-hydrogen) atoms. The normalized spacial score (nSPS) is 13.3. The summed E-state index contributed by atoms with van der Waals surface area (Å²) in [5.74, 6) is 0.165. The zero-order valence-electron chi connectivity index (χ0n) is 18.4. The van der Waals surface area contributed by atoms with Gasteiger partial charge in [0.05, 0.1) is 5.69 Å². The maximum Gasteiger partial charge on any atom is 0.324 e. The number of ketones is 1. The molecule has 7 heteroatoms. The number of hydrogen-bond acceptors (Lipinski definition) is 3. The second-order valence-electron chi connectivity index (χ2n) is 8.07. The molecular weight excluding hydrogens is 433 g/mol. The number of nitrogens with zero attached hydrogens (tertiary/aromatic N) is 3. The minimum absolute atomic E-state index is 0. The Morgan fingerprint density at radius 1 is 1.10 bits per heavy atom. The van der Waals surface area contributed by atoms with Crippen molar-refractivity contribution in [2.24, 2.45) is 0 Å². The lowest BCUT2D eigenvalue weighted by Crippen LogP contribution is -2.42. The maximum absolute atomic E-state index is 12.6. The van der Waals surface area contributed by atoms with Crippen molar-refractivity contribution in [2.75, 3.05) is 39.1 Å². The third kappa shape index (κ3) is 6.45. The van der Waals surface area contributed by atoms with E-state index in [1.54, 1.807) is 23.9 Å². The number of anilines is 1. The summed E-state index contributed by atoms with van der Waals surface area (Å²) in [7, 11) is 5.65. The largest absolute Gasteiger partial charge is 0.324 e. The molecule has 0 aliphatic carbocycles. The molecule has 0 atom stereocenters. The van der Waals surface area contributed by atoms with E-state index in [0.717, 1.165) is 54.2 Å². The predicted octanol–water partition coefficient (Wildman–Crippen LogP) is 5.29. The molecule has 0 N–H and O–H groups in total. The van der Waals surface area contributed by atoms with Gasteiger partial charge in [-0.1, -0.05) is 29.8 Å². The minimum Gasteiger partial charge on any atom is -0.323 e. The molecule has 0 aromatic heterocycles. The number of fused-ring (bicyclic) bond motifs is 1. The highest BCUT2D eigenvalue weighted by Gasteiger charge is 2.25. The average Bonchev–Trinajstić information content (AvgIpc) is 2.74. The summed E-state index contributed by atoms with van der Waals surface area (Å²) in [6.07, 6.45) is 3.32. The standard InChI is InChI=1S/C24H30ClN3O2.ClH/c1-26(15-13-18-8-4-5-9-21(18)25)14-7-6-10-23(29)19-11-12-22-20(16-19)17-27(2)24(30)28(22)3;/h4-5,8-9,11-12,16H,6-7,10,13-15,17H2,1-3H3;1H. The van der Waals surface area contributed by atoms with Crippen LogP contribution in [-0.2, 0) is 13.0 Å². The van der Waals surface area contributed by atoms with Crippen molar-refractivity contribution in [3.63, 3.8) is 0 Å². The van der Waals surface area contributed by atoms with Crippen LogP contribution in [-0.4, -0.2) is 55.8 Å². The summed E-state index contributed by atoms with van der Waals surface area (Å²) in [6.45, 7) is 2.44. The molecule has 1 heterocycles. The number of carbonyl (C=O) groups excluding carboxylic acids is 2. The molecule has 2 aromatic rings. The van der Waals surface area contributed by atoms with Crippen LogP contribution in [0.1, 0.15) is 40.7 Å². The number of likely N-dealkylation sites (N-methyl/N-ethyl adjacent to an activating group) is 1. The fraction of sp³-hybridized carbons (Fsp3) is 0.417. The number of halogens is 2. The predicted molar refractivity (Wildman–Crippen MR) is 130 cm³/mol. The third-order valence-electron chi connectivity index (χ3n) is 5.70. The first-order chi connectivity index (χ1) is 14.4. The van der Waals surface area contributed by atoms with Gasteiger partial charge < -0.3 is 9.80 Å². The summed E-state index contributed by atoms with van der Waals surface area (Å²) in [6, 6.07) is 13.6. The first-order valence-corrected chi connectivity index (χ1v) is 10.8. The van der Waals surface area contributed by atoms with E-state index in [2.05, 4.69) is 18.0 Å². The van der Waals surface area contributed by atoms with Gasteiger partial charge in [-0.15, -0.1) is 12.4 Å². The zero-order chi connectivity index (χ0) is 21.7. The number of hydrogen-bond donors (Lipinski definition) is 0. The van der Waals surface area contributed by atoms with Crippen LogP contribution in [0.3, 0.4) is 0 Å². The Balaban J connectivity index is 0.00000341. The van der Waals surface area contributed by atoms with Crippen LogP contribution < -0.4 is 4.90 Å². The molecule has 1 aliphatic heterocycles. The summed E-state index contributed by atoms with van der Waals surface area (Å²) in [5, 5.41) is 0.822. The fourth-order valence-electron chi connectivity index (χ4n) is 3.83. The van der Waals surface area contributed by atoms with E-state index in [9.17, 15) is 9.59 Å². The van der Waals surface area contributed by atoms with E-state index in [1.165, 1.54) is 5.56 Å². The summed E-state index contributed by atoms with van der Waals surface area (Å²) >= 11 is 6.22. The number of Topliss-reactive ketones (excluding diaryl/α,β-unsaturated/α-hetero) is 1. The van der Waals surface area contributed by atoms with Crippen molar-refractivity contribution >= 4 is 41.5 Å². The monoisotopic (exact) mass is 463 g/mol. The van der Waals surface area contributed by atoms with E-state index in [-0.39, 0.29) is 24.2 Å². The van der Waals surface area contributed by atoms with Gasteiger partial charge in [-0.2, -0.15) is 0 Å². The molecule has 0 unspecified atom stereocenters. The molecule has 0 radical (unpaired) electrons. The highest BCUT2D eigenvalue weighted by Crippen LogP contribution is 2.28. The Morgan fingerprint density at radius 3 is 2.58 bits per heavy atom. The van der Waals surface area contributed by atoms with Crippen molar-refractivity contribution in [3.05, 3.63) is 64.2 Å². The number of rotatable bonds is 9. The molecule has 3 rings (SSSR count). The molecule has 1 aliphatic rings. The SMILES string of the molecule is CN(CCCCC(=O)c1ccc2c(c1)CN(C)C(=O)N2C)CCc1ccccc1Cl.Cl. The van der Waals surface area contributed by atoms with Crippen molar-refractivity contribution in [1.29, 1.82) is 0 Å². The number of carbonyl (C=O) groups is 2. The fourth-order valence-corrected chi connectivity index (χ4v) is 4.06. The van der Waals surface area contributed by atoms with Crippen molar-refractivity contribution in [1.82, 2.24) is 9.80 Å². The first kappa shape index (κ1) is 25.2. The van der Waals surface area contributed by atoms with Crippen LogP contribution in [0, 0.1) is 0 Å². The first-order valence-electron chi connectivity index (χ1n) is 10.4. The van der Waals surface area contributed by atoms with E-state index in [1.807, 2.05) is 36.4 Å². The number of amides is 2. The number of benzene rings is 2. The van der Waals surface area contributed by atoms with Crippen molar-refractivity contribution in [2.45, 2.75) is 32.2 Å². The summed E-state index contributed by atoms with van der Waals surface area (Å²) in [4.78, 5) is 30.3. The van der Waals surface area contributed by atoms with Crippen LogP contribution in [0.25, 0.3) is 0 Å². The summed E-state index contributed by atoms with van der Waals surface area (Å²) < 4.78 is 0. The lowest BCUT2D eigenvalue weighted by Gasteiger charge is -2.32. The molecule has 5 nitrogen and oxygen atoms in total. The quantitative estimate of drug-likeness (QED) is 0.374. The molecule has 0 bridgehead atoms. The van der Waals surface area contributed by atoms with Crippen LogP contribution in [0.15, 0.2) is 42.5 Å². The van der Waals surface area contributed by atoms with Gasteiger partial charge in [-0.25, -0.2) is 4.79 Å². The van der Waals surface area contributed by atoms with E-state index in [4.69, 9.17) is 11.6 Å². The Kier molecular flexibility index (Phi) is 9.35. The second-order valence-corrected chi connectivity index (χ2v) is 8.47. The Labute approximate surface area is 196 Å². The van der Waals surface area contributed by atoms with Crippen LogP contribution in [0.2, 0.25) is 5.02 Å². The molecule has 0 saturated heterocycles. The highest BCUT2D eigenvalue weighted by atomic mass is 35.5. The van der Waals surface area contributed by atoms with Gasteiger partial charge in [-0.3, -0.25) is 9.69 Å². The maximum atomic E-state index is 12.6. The Bertz CT molecular complexity index is 919. The van der Waals surface area contributed by atoms with Gasteiger partial charge in [0.15, 0.2) is 5.78 Å². The molecule has 2 aromatic carbocycles. The minimum atomic E-state index is -0.0276. The van der Waals surface area contributed by atoms with E-state index in [0.29, 0.717) is 13.0 Å². The number of urea groups is 1. The van der Waals surface area contributed by atoms with E-state index < -0.39 is 0 Å². The average molecular weight is 464 g/mol. The van der Waals surface area contributed by atoms with E-state index >= 15 is 0 Å². The van der Waals surface area contributed by atoms with Gasteiger partial charge in [-0.05, 0) is 68.2 Å².